The summed E-state index contributed by atoms with van der Waals surface area (Å²) in [7, 11) is 0. The highest BCUT2D eigenvalue weighted by molar-refractivity contribution is 8.00. The maximum atomic E-state index is 13.3. The number of amides is 2. The molecule has 0 aliphatic carbocycles. The van der Waals surface area contributed by atoms with E-state index < -0.39 is 5.25 Å². The van der Waals surface area contributed by atoms with Crippen molar-refractivity contribution < 1.29 is 9.59 Å². The molecule has 0 spiro atoms. The van der Waals surface area contributed by atoms with E-state index >= 15 is 0 Å². The van der Waals surface area contributed by atoms with Gasteiger partial charge in [0.25, 0.3) is 5.91 Å². The minimum Gasteiger partial charge on any atom is -0.325 e. The van der Waals surface area contributed by atoms with Gasteiger partial charge in [-0.05, 0) is 66.2 Å². The first-order valence-corrected chi connectivity index (χ1v) is 12.5. The highest BCUT2D eigenvalue weighted by Crippen LogP contribution is 2.37. The molecule has 4 aromatic rings. The molecule has 4 nitrogen and oxygen atoms in total. The number of nitrogens with one attached hydrogen (secondary N) is 2. The molecule has 0 saturated carbocycles. The lowest BCUT2D eigenvalue weighted by atomic mass is 10.1. The number of carbonyl (C=O) groups excluding carboxylic acids is 2. The van der Waals surface area contributed by atoms with Crippen LogP contribution in [0.4, 0.5) is 11.4 Å². The van der Waals surface area contributed by atoms with Gasteiger partial charge >= 0.3 is 0 Å². The zero-order valence-corrected chi connectivity index (χ0v) is 21.3. The first kappa shape index (κ1) is 25.1. The molecule has 0 aliphatic rings. The maximum Gasteiger partial charge on any atom is 0.255 e. The normalized spacial score (nSPS) is 11.5. The van der Waals surface area contributed by atoms with Gasteiger partial charge in [-0.25, -0.2) is 0 Å². The van der Waals surface area contributed by atoms with E-state index in [9.17, 15) is 9.59 Å². The molecule has 0 aromatic heterocycles. The number of rotatable bonds is 7. The Morgan fingerprint density at radius 3 is 2.00 bits per heavy atom. The maximum absolute atomic E-state index is 13.3. The quantitative estimate of drug-likeness (QED) is 0.231. The zero-order chi connectivity index (χ0) is 24.8. The van der Waals surface area contributed by atoms with Crippen molar-refractivity contribution in [3.05, 3.63) is 123 Å². The molecular formula is C27H19Cl3N2O2S. The molecule has 176 valence electrons. The van der Waals surface area contributed by atoms with Crippen LogP contribution >= 0.6 is 46.6 Å². The van der Waals surface area contributed by atoms with E-state index in [4.69, 9.17) is 34.8 Å². The highest BCUT2D eigenvalue weighted by atomic mass is 35.5. The molecule has 0 heterocycles. The van der Waals surface area contributed by atoms with E-state index in [0.29, 0.717) is 32.0 Å². The molecule has 2 amide bonds. The number of benzene rings is 4. The molecular weight excluding hydrogens is 523 g/mol. The van der Waals surface area contributed by atoms with Crippen molar-refractivity contribution in [1.29, 1.82) is 0 Å². The van der Waals surface area contributed by atoms with Crippen LogP contribution in [0.2, 0.25) is 15.1 Å². The Labute approximate surface area is 222 Å². The van der Waals surface area contributed by atoms with Crippen LogP contribution in [0.3, 0.4) is 0 Å². The van der Waals surface area contributed by atoms with Crippen LogP contribution in [0.15, 0.2) is 102 Å². The summed E-state index contributed by atoms with van der Waals surface area (Å²) in [6, 6.07) is 28.4. The highest BCUT2D eigenvalue weighted by Gasteiger charge is 2.22. The van der Waals surface area contributed by atoms with Crippen LogP contribution in [-0.2, 0) is 4.79 Å². The molecule has 1 atom stereocenters. The van der Waals surface area contributed by atoms with Gasteiger partial charge in [0.05, 0.1) is 0 Å². The molecule has 0 saturated heterocycles. The fraction of sp³-hybridized carbons (Fsp3) is 0.0370. The summed E-state index contributed by atoms with van der Waals surface area (Å²) in [6.07, 6.45) is 0. The summed E-state index contributed by atoms with van der Waals surface area (Å²) in [6.45, 7) is 0. The summed E-state index contributed by atoms with van der Waals surface area (Å²) in [4.78, 5) is 26.6. The third-order valence-electron chi connectivity index (χ3n) is 4.92. The van der Waals surface area contributed by atoms with Crippen molar-refractivity contribution in [2.45, 2.75) is 10.1 Å². The second-order valence-electron chi connectivity index (χ2n) is 7.54. The van der Waals surface area contributed by atoms with Crippen LogP contribution in [0.5, 0.6) is 0 Å². The third-order valence-corrected chi connectivity index (χ3v) is 6.86. The van der Waals surface area contributed by atoms with Crippen molar-refractivity contribution >= 4 is 69.8 Å². The van der Waals surface area contributed by atoms with Gasteiger partial charge in [-0.15, -0.1) is 11.8 Å². The minimum absolute atomic E-state index is 0.210. The van der Waals surface area contributed by atoms with E-state index in [1.165, 1.54) is 11.8 Å². The Morgan fingerprint density at radius 1 is 0.657 bits per heavy atom. The standard InChI is InChI=1S/C27H19Cl3N2O2S/c28-19-8-4-7-18(13-19)26(33)31-22-9-11-24(12-10-22)35-25(17-5-2-1-3-6-17)27(34)32-23-15-20(29)14-21(30)16-23/h1-16,25H,(H,31,33)(H,32,34). The van der Waals surface area contributed by atoms with E-state index in [0.717, 1.165) is 10.5 Å². The van der Waals surface area contributed by atoms with Crippen molar-refractivity contribution in [3.63, 3.8) is 0 Å². The van der Waals surface area contributed by atoms with Crippen LogP contribution in [0.25, 0.3) is 0 Å². The van der Waals surface area contributed by atoms with Gasteiger partial charge in [-0.2, -0.15) is 0 Å². The predicted molar refractivity (Wildman–Crippen MR) is 146 cm³/mol. The summed E-state index contributed by atoms with van der Waals surface area (Å²) >= 11 is 19.5. The molecule has 4 aromatic carbocycles. The summed E-state index contributed by atoms with van der Waals surface area (Å²) in [5.41, 5.74) is 2.47. The molecule has 4 rings (SSSR count). The number of halogens is 3. The number of hydrogen-bond acceptors (Lipinski definition) is 3. The van der Waals surface area contributed by atoms with E-state index in [2.05, 4.69) is 10.6 Å². The van der Waals surface area contributed by atoms with Crippen LogP contribution < -0.4 is 10.6 Å². The average molecular weight is 542 g/mol. The van der Waals surface area contributed by atoms with Crippen LogP contribution in [0, 0.1) is 0 Å². The lowest BCUT2D eigenvalue weighted by Crippen LogP contribution is -2.19. The largest absolute Gasteiger partial charge is 0.325 e. The van der Waals surface area contributed by atoms with Crippen molar-refractivity contribution in [2.75, 3.05) is 10.6 Å². The lowest BCUT2D eigenvalue weighted by molar-refractivity contribution is -0.115. The molecule has 1 unspecified atom stereocenters. The van der Waals surface area contributed by atoms with Gasteiger partial charge in [0.1, 0.15) is 5.25 Å². The zero-order valence-electron chi connectivity index (χ0n) is 18.2. The first-order valence-electron chi connectivity index (χ1n) is 10.5. The molecule has 0 radical (unpaired) electrons. The molecule has 0 aliphatic heterocycles. The third kappa shape index (κ3) is 7.03. The minimum atomic E-state index is -0.527. The smallest absolute Gasteiger partial charge is 0.255 e. The second kappa shape index (κ2) is 11.6. The Hall–Kier alpha value is -2.96. The monoisotopic (exact) mass is 540 g/mol. The van der Waals surface area contributed by atoms with E-state index in [1.54, 1.807) is 54.6 Å². The van der Waals surface area contributed by atoms with E-state index in [-0.39, 0.29) is 11.8 Å². The summed E-state index contributed by atoms with van der Waals surface area (Å²) in [5, 5.41) is 6.60. The fourth-order valence-corrected chi connectivity index (χ4v) is 5.06. The Bertz CT molecular complexity index is 1330. The molecule has 0 fully saturated rings. The van der Waals surface area contributed by atoms with Gasteiger partial charge < -0.3 is 10.6 Å². The summed E-state index contributed by atoms with van der Waals surface area (Å²) in [5.74, 6) is -0.465. The Morgan fingerprint density at radius 2 is 1.34 bits per heavy atom. The predicted octanol–water partition coefficient (Wildman–Crippen LogP) is 8.37. The number of thioether (sulfide) groups is 1. The molecule has 8 heteroatoms. The van der Waals surface area contributed by atoms with Gasteiger partial charge in [0.15, 0.2) is 0 Å². The Balaban J connectivity index is 1.50. The van der Waals surface area contributed by atoms with Gasteiger partial charge in [0.2, 0.25) is 5.91 Å². The van der Waals surface area contributed by atoms with Crippen molar-refractivity contribution in [3.8, 4) is 0 Å². The van der Waals surface area contributed by atoms with Gasteiger partial charge in [-0.1, -0.05) is 71.2 Å². The molecule has 2 N–H and O–H groups in total. The average Bonchev–Trinajstić information content (AvgIpc) is 2.83. The lowest BCUT2D eigenvalue weighted by Gasteiger charge is -2.18. The van der Waals surface area contributed by atoms with Gasteiger partial charge in [-0.3, -0.25) is 9.59 Å². The fourth-order valence-electron chi connectivity index (χ4n) is 3.32. The number of carbonyl (C=O) groups is 2. The first-order chi connectivity index (χ1) is 16.9. The number of anilines is 2. The molecule has 0 bridgehead atoms. The van der Waals surface area contributed by atoms with E-state index in [1.807, 2.05) is 42.5 Å². The number of hydrogen-bond donors (Lipinski definition) is 2. The van der Waals surface area contributed by atoms with Crippen molar-refractivity contribution in [1.82, 2.24) is 0 Å². The summed E-state index contributed by atoms with van der Waals surface area (Å²) < 4.78 is 0. The topological polar surface area (TPSA) is 58.2 Å². The van der Waals surface area contributed by atoms with Gasteiger partial charge in [0, 0.05) is 36.9 Å². The van der Waals surface area contributed by atoms with Crippen molar-refractivity contribution in [2.24, 2.45) is 0 Å². The van der Waals surface area contributed by atoms with Crippen LogP contribution in [0.1, 0.15) is 21.2 Å². The Kier molecular flexibility index (Phi) is 8.37. The second-order valence-corrected chi connectivity index (χ2v) is 10.0. The van der Waals surface area contributed by atoms with Crippen LogP contribution in [-0.4, -0.2) is 11.8 Å². The molecule has 35 heavy (non-hydrogen) atoms. The SMILES string of the molecule is O=C(Nc1ccc(SC(C(=O)Nc2cc(Cl)cc(Cl)c2)c2ccccc2)cc1)c1cccc(Cl)c1.